The van der Waals surface area contributed by atoms with E-state index in [1.807, 2.05) is 32.0 Å². The maximum atomic E-state index is 12.5. The second-order valence-electron chi connectivity index (χ2n) is 9.22. The third-order valence-electron chi connectivity index (χ3n) is 5.42. The Morgan fingerprint density at radius 3 is 2.12 bits per heavy atom. The summed E-state index contributed by atoms with van der Waals surface area (Å²) in [5.41, 5.74) is 5.93. The van der Waals surface area contributed by atoms with Gasteiger partial charge in [0.1, 0.15) is 5.75 Å². The van der Waals surface area contributed by atoms with Crippen LogP contribution in [0.25, 0.3) is 0 Å². The maximum absolute atomic E-state index is 12.5. The minimum atomic E-state index is -0.294. The van der Waals surface area contributed by atoms with E-state index in [0.29, 0.717) is 24.2 Å². The van der Waals surface area contributed by atoms with Crippen LogP contribution < -0.4 is 10.1 Å². The quantitative estimate of drug-likeness (QED) is 0.365. The summed E-state index contributed by atoms with van der Waals surface area (Å²) in [5, 5.41) is 2.92. The molecule has 1 amide bonds. The van der Waals surface area contributed by atoms with Gasteiger partial charge in [-0.25, -0.2) is 0 Å². The van der Waals surface area contributed by atoms with Crippen LogP contribution in [-0.2, 0) is 16.6 Å². The number of anilines is 1. The lowest BCUT2D eigenvalue weighted by molar-refractivity contribution is -0.134. The van der Waals surface area contributed by atoms with Crippen molar-refractivity contribution < 1.29 is 14.3 Å². The van der Waals surface area contributed by atoms with E-state index in [0.717, 1.165) is 22.4 Å². The predicted molar refractivity (Wildman–Crippen MR) is 129 cm³/mol. The molecule has 0 aliphatic carbocycles. The molecule has 0 aliphatic rings. The van der Waals surface area contributed by atoms with E-state index in [1.165, 1.54) is 5.56 Å². The molecule has 4 nitrogen and oxygen atoms in total. The molecule has 3 aromatic carbocycles. The molecule has 0 saturated heterocycles. The number of aryl methyl sites for hydroxylation is 3. The van der Waals surface area contributed by atoms with Crippen LogP contribution in [0.1, 0.15) is 59.8 Å². The standard InChI is InChI=1S/C28H31NO3/c1-19-6-16-25(20(2)18-19)29-27(31)22-10-14-24(15-11-22)32-26(30)17-9-21-7-12-23(13-8-21)28(3,4)5/h6-8,10-16,18H,9,17H2,1-5H3,(H,29,31). The van der Waals surface area contributed by atoms with Crippen LogP contribution in [0.3, 0.4) is 0 Å². The summed E-state index contributed by atoms with van der Waals surface area (Å²) >= 11 is 0. The highest BCUT2D eigenvalue weighted by Crippen LogP contribution is 2.23. The highest BCUT2D eigenvalue weighted by Gasteiger charge is 2.13. The van der Waals surface area contributed by atoms with Gasteiger partial charge < -0.3 is 10.1 Å². The Hall–Kier alpha value is -3.40. The van der Waals surface area contributed by atoms with E-state index in [-0.39, 0.29) is 17.3 Å². The van der Waals surface area contributed by atoms with Crippen LogP contribution in [-0.4, -0.2) is 11.9 Å². The van der Waals surface area contributed by atoms with Gasteiger partial charge in [-0.1, -0.05) is 62.7 Å². The molecule has 166 valence electrons. The molecule has 1 N–H and O–H groups in total. The normalized spacial score (nSPS) is 11.2. The first-order valence-electron chi connectivity index (χ1n) is 10.9. The van der Waals surface area contributed by atoms with Crippen LogP contribution in [0.5, 0.6) is 5.75 Å². The van der Waals surface area contributed by atoms with Gasteiger partial charge in [0.05, 0.1) is 0 Å². The van der Waals surface area contributed by atoms with E-state index >= 15 is 0 Å². The van der Waals surface area contributed by atoms with Gasteiger partial charge in [-0.3, -0.25) is 9.59 Å². The highest BCUT2D eigenvalue weighted by molar-refractivity contribution is 6.04. The molecule has 32 heavy (non-hydrogen) atoms. The van der Waals surface area contributed by atoms with Gasteiger partial charge >= 0.3 is 5.97 Å². The van der Waals surface area contributed by atoms with Crippen LogP contribution in [0.15, 0.2) is 66.7 Å². The first kappa shape index (κ1) is 23.3. The second-order valence-corrected chi connectivity index (χ2v) is 9.22. The lowest BCUT2D eigenvalue weighted by atomic mass is 9.86. The van der Waals surface area contributed by atoms with Crippen molar-refractivity contribution in [2.45, 2.75) is 52.9 Å². The van der Waals surface area contributed by atoms with Crippen molar-refractivity contribution in [1.82, 2.24) is 0 Å². The number of esters is 1. The van der Waals surface area contributed by atoms with Gasteiger partial charge in [-0.05, 0) is 72.7 Å². The largest absolute Gasteiger partial charge is 0.427 e. The second kappa shape index (κ2) is 9.82. The lowest BCUT2D eigenvalue weighted by Gasteiger charge is -2.19. The molecule has 3 aromatic rings. The summed E-state index contributed by atoms with van der Waals surface area (Å²) in [6, 6.07) is 20.9. The molecular formula is C28H31NO3. The first-order valence-corrected chi connectivity index (χ1v) is 10.9. The Labute approximate surface area is 190 Å². The molecule has 0 aliphatic heterocycles. The Bertz CT molecular complexity index is 1090. The number of hydrogen-bond donors (Lipinski definition) is 1. The number of ether oxygens (including phenoxy) is 1. The Morgan fingerprint density at radius 2 is 1.53 bits per heavy atom. The highest BCUT2D eigenvalue weighted by atomic mass is 16.5. The lowest BCUT2D eigenvalue weighted by Crippen LogP contribution is -2.13. The number of nitrogens with one attached hydrogen (secondary N) is 1. The van der Waals surface area contributed by atoms with Crippen LogP contribution in [0, 0.1) is 13.8 Å². The van der Waals surface area contributed by atoms with Gasteiger partial charge in [0.25, 0.3) is 5.91 Å². The topological polar surface area (TPSA) is 55.4 Å². The molecule has 0 aromatic heterocycles. The molecule has 4 heteroatoms. The Kier molecular flexibility index (Phi) is 7.14. The zero-order valence-electron chi connectivity index (χ0n) is 19.5. The first-order chi connectivity index (χ1) is 15.1. The van der Waals surface area contributed by atoms with Gasteiger partial charge in [0, 0.05) is 17.7 Å². The summed E-state index contributed by atoms with van der Waals surface area (Å²) in [4.78, 5) is 24.7. The summed E-state index contributed by atoms with van der Waals surface area (Å²) in [7, 11) is 0. The zero-order valence-corrected chi connectivity index (χ0v) is 19.5. The molecule has 0 saturated carbocycles. The Balaban J connectivity index is 1.52. The van der Waals surface area contributed by atoms with Gasteiger partial charge in [-0.15, -0.1) is 0 Å². The number of benzene rings is 3. The molecule has 0 radical (unpaired) electrons. The maximum Gasteiger partial charge on any atom is 0.311 e. The van der Waals surface area contributed by atoms with E-state index in [9.17, 15) is 9.59 Å². The average molecular weight is 430 g/mol. The average Bonchev–Trinajstić information content (AvgIpc) is 2.74. The molecule has 0 atom stereocenters. The summed E-state index contributed by atoms with van der Waals surface area (Å²) in [6.07, 6.45) is 0.920. The number of amides is 1. The molecule has 0 heterocycles. The van der Waals surface area contributed by atoms with Crippen molar-refractivity contribution >= 4 is 17.6 Å². The summed E-state index contributed by atoms with van der Waals surface area (Å²) in [5.74, 6) is -0.0629. The van der Waals surface area contributed by atoms with Crippen molar-refractivity contribution in [2.24, 2.45) is 0 Å². The van der Waals surface area contributed by atoms with E-state index in [1.54, 1.807) is 24.3 Å². The van der Waals surface area contributed by atoms with Gasteiger partial charge in [0.2, 0.25) is 0 Å². The van der Waals surface area contributed by atoms with Crippen LogP contribution >= 0.6 is 0 Å². The number of carbonyl (C=O) groups excluding carboxylic acids is 2. The van der Waals surface area contributed by atoms with Crippen molar-refractivity contribution in [2.75, 3.05) is 5.32 Å². The zero-order chi connectivity index (χ0) is 23.3. The molecular weight excluding hydrogens is 398 g/mol. The minimum absolute atomic E-state index is 0.111. The Morgan fingerprint density at radius 1 is 0.875 bits per heavy atom. The molecule has 0 bridgehead atoms. The monoisotopic (exact) mass is 429 g/mol. The fourth-order valence-corrected chi connectivity index (χ4v) is 3.42. The molecule has 0 fully saturated rings. The van der Waals surface area contributed by atoms with E-state index in [4.69, 9.17) is 4.74 Å². The number of hydrogen-bond acceptors (Lipinski definition) is 3. The fraction of sp³-hybridized carbons (Fsp3) is 0.286. The van der Waals surface area contributed by atoms with Crippen molar-refractivity contribution in [1.29, 1.82) is 0 Å². The summed E-state index contributed by atoms with van der Waals surface area (Å²) in [6.45, 7) is 10.5. The number of rotatable bonds is 6. The smallest absolute Gasteiger partial charge is 0.311 e. The third-order valence-corrected chi connectivity index (χ3v) is 5.42. The van der Waals surface area contributed by atoms with E-state index in [2.05, 4.69) is 50.4 Å². The van der Waals surface area contributed by atoms with Gasteiger partial charge in [0.15, 0.2) is 0 Å². The molecule has 0 spiro atoms. The van der Waals surface area contributed by atoms with Crippen LogP contribution in [0.2, 0.25) is 0 Å². The van der Waals surface area contributed by atoms with Crippen molar-refractivity contribution in [3.63, 3.8) is 0 Å². The molecule has 3 rings (SSSR count). The number of carbonyl (C=O) groups is 2. The van der Waals surface area contributed by atoms with Crippen molar-refractivity contribution in [3.8, 4) is 5.75 Å². The van der Waals surface area contributed by atoms with Crippen molar-refractivity contribution in [3.05, 3.63) is 94.5 Å². The van der Waals surface area contributed by atoms with Crippen LogP contribution in [0.4, 0.5) is 5.69 Å². The minimum Gasteiger partial charge on any atom is -0.427 e. The predicted octanol–water partition coefficient (Wildman–Crippen LogP) is 6.39. The fourth-order valence-electron chi connectivity index (χ4n) is 3.42. The third kappa shape index (κ3) is 6.30. The van der Waals surface area contributed by atoms with E-state index < -0.39 is 0 Å². The molecule has 0 unspecified atom stereocenters. The van der Waals surface area contributed by atoms with Gasteiger partial charge in [-0.2, -0.15) is 0 Å². The SMILES string of the molecule is Cc1ccc(NC(=O)c2ccc(OC(=O)CCc3ccc(C(C)(C)C)cc3)cc2)c(C)c1. The summed E-state index contributed by atoms with van der Waals surface area (Å²) < 4.78 is 5.43.